The first-order valence-electron chi connectivity index (χ1n) is 4.61. The first kappa shape index (κ1) is 9.83. The third kappa shape index (κ3) is 1.61. The summed E-state index contributed by atoms with van der Waals surface area (Å²) in [6.45, 7) is 3.83. The molecule has 5 heteroatoms. The first-order chi connectivity index (χ1) is 6.50. The van der Waals surface area contributed by atoms with E-state index in [4.69, 9.17) is 4.74 Å². The van der Waals surface area contributed by atoms with Crippen LogP contribution in [0.1, 0.15) is 20.3 Å². The van der Waals surface area contributed by atoms with Crippen molar-refractivity contribution < 1.29 is 14.3 Å². The van der Waals surface area contributed by atoms with Crippen molar-refractivity contribution in [3.05, 3.63) is 0 Å². The van der Waals surface area contributed by atoms with Gasteiger partial charge in [-0.2, -0.15) is 0 Å². The fraction of sp³-hybridized carbons (Fsp3) is 0.778. The van der Waals surface area contributed by atoms with Crippen molar-refractivity contribution in [1.82, 2.24) is 4.90 Å². The molecule has 2 atom stereocenters. The molecule has 0 saturated carbocycles. The molecule has 0 radical (unpaired) electrons. The maximum atomic E-state index is 11.2. The van der Waals surface area contributed by atoms with Gasteiger partial charge < -0.3 is 9.64 Å². The van der Waals surface area contributed by atoms with E-state index in [1.54, 1.807) is 16.7 Å². The molecular weight excluding hydrogens is 202 g/mol. The van der Waals surface area contributed by atoms with E-state index in [2.05, 4.69) is 0 Å². The molecule has 0 bridgehead atoms. The molecule has 0 unspecified atom stereocenters. The highest BCUT2D eigenvalue weighted by Crippen LogP contribution is 2.38. The Labute approximate surface area is 87.0 Å². The van der Waals surface area contributed by atoms with Crippen molar-refractivity contribution in [2.75, 3.05) is 12.3 Å². The Morgan fingerprint density at radius 3 is 3.00 bits per heavy atom. The number of nitrogens with zero attached hydrogens (tertiary/aromatic N) is 1. The Hall–Kier alpha value is -0.710. The van der Waals surface area contributed by atoms with Crippen LogP contribution in [0.2, 0.25) is 0 Å². The summed E-state index contributed by atoms with van der Waals surface area (Å²) in [6.07, 6.45) is 0.640. The zero-order valence-electron chi connectivity index (χ0n) is 8.28. The van der Waals surface area contributed by atoms with Gasteiger partial charge in [0, 0.05) is 12.7 Å². The number of carbonyl (C=O) groups is 2. The molecule has 2 fully saturated rings. The Kier molecular flexibility index (Phi) is 2.21. The molecule has 2 saturated heterocycles. The van der Waals surface area contributed by atoms with Crippen molar-refractivity contribution in [2.24, 2.45) is 0 Å². The van der Waals surface area contributed by atoms with Gasteiger partial charge in [-0.3, -0.25) is 9.59 Å². The van der Waals surface area contributed by atoms with Crippen LogP contribution in [0, 0.1) is 0 Å². The summed E-state index contributed by atoms with van der Waals surface area (Å²) < 4.78 is 5.23. The van der Waals surface area contributed by atoms with Crippen LogP contribution in [-0.4, -0.2) is 40.0 Å². The van der Waals surface area contributed by atoms with Gasteiger partial charge >= 0.3 is 5.97 Å². The number of rotatable bonds is 1. The molecule has 4 nitrogen and oxygen atoms in total. The molecule has 2 rings (SSSR count). The Morgan fingerprint density at radius 2 is 2.43 bits per heavy atom. The van der Waals surface area contributed by atoms with E-state index in [1.165, 1.54) is 6.92 Å². The minimum Gasteiger partial charge on any atom is -0.457 e. The van der Waals surface area contributed by atoms with Gasteiger partial charge in [-0.25, -0.2) is 0 Å². The van der Waals surface area contributed by atoms with Gasteiger partial charge in [0.15, 0.2) is 0 Å². The number of ether oxygens (including phenoxy) is 1. The summed E-state index contributed by atoms with van der Waals surface area (Å²) in [5, 5.41) is 0.325. The molecule has 78 valence electrons. The van der Waals surface area contributed by atoms with Gasteiger partial charge in [0.05, 0.1) is 18.3 Å². The third-order valence-electron chi connectivity index (χ3n) is 2.49. The normalized spacial score (nSPS) is 36.0. The van der Waals surface area contributed by atoms with Crippen LogP contribution < -0.4 is 0 Å². The van der Waals surface area contributed by atoms with Gasteiger partial charge in [-0.1, -0.05) is 0 Å². The largest absolute Gasteiger partial charge is 0.457 e. The van der Waals surface area contributed by atoms with E-state index in [0.29, 0.717) is 18.3 Å². The van der Waals surface area contributed by atoms with Gasteiger partial charge in [-0.05, 0) is 6.92 Å². The second-order valence-electron chi connectivity index (χ2n) is 4.03. The average molecular weight is 215 g/mol. The average Bonchev–Trinajstić information content (AvgIpc) is 2.06. The van der Waals surface area contributed by atoms with Crippen LogP contribution in [0.25, 0.3) is 0 Å². The first-order valence-corrected chi connectivity index (χ1v) is 5.66. The molecule has 0 aromatic carbocycles. The lowest BCUT2D eigenvalue weighted by Gasteiger charge is -2.49. The molecule has 2 heterocycles. The summed E-state index contributed by atoms with van der Waals surface area (Å²) in [5.41, 5.74) is -0.497. The van der Waals surface area contributed by atoms with Gasteiger partial charge in [-0.15, -0.1) is 11.8 Å². The SMILES string of the molecule is CC(=O)O[C@]1(C)CS[C@H]2CC(=O)N2C1. The lowest BCUT2D eigenvalue weighted by atomic mass is 10.0. The minimum absolute atomic E-state index is 0.167. The standard InChI is InChI=1S/C9H13NO3S/c1-6(11)13-9(2)4-10-7(12)3-8(10)14-5-9/h8H,3-5H2,1-2H3/t8-,9-/m0/s1. The maximum Gasteiger partial charge on any atom is 0.303 e. The van der Waals surface area contributed by atoms with Crippen LogP contribution >= 0.6 is 11.8 Å². The summed E-state index contributed by atoms with van der Waals surface area (Å²) in [5.74, 6) is 0.668. The quantitative estimate of drug-likeness (QED) is 0.475. The topological polar surface area (TPSA) is 46.6 Å². The predicted molar refractivity (Wildman–Crippen MR) is 52.7 cm³/mol. The van der Waals surface area contributed by atoms with Crippen molar-refractivity contribution in [3.8, 4) is 0 Å². The molecule has 0 spiro atoms. The fourth-order valence-corrected chi connectivity index (χ4v) is 3.18. The molecule has 2 aliphatic heterocycles. The summed E-state index contributed by atoms with van der Waals surface area (Å²) >= 11 is 1.69. The van der Waals surface area contributed by atoms with Crippen LogP contribution in [0.5, 0.6) is 0 Å². The van der Waals surface area contributed by atoms with Crippen LogP contribution in [0.4, 0.5) is 0 Å². The maximum absolute atomic E-state index is 11.2. The highest BCUT2D eigenvalue weighted by molar-refractivity contribution is 8.00. The summed E-state index contributed by atoms with van der Waals surface area (Å²) in [6, 6.07) is 0. The Balaban J connectivity index is 2.01. The molecule has 0 aromatic heterocycles. The third-order valence-corrected chi connectivity index (χ3v) is 4.08. The van der Waals surface area contributed by atoms with Crippen LogP contribution in [0.3, 0.4) is 0 Å². The van der Waals surface area contributed by atoms with Gasteiger partial charge in [0.25, 0.3) is 0 Å². The van der Waals surface area contributed by atoms with Gasteiger partial charge in [0.1, 0.15) is 5.60 Å². The van der Waals surface area contributed by atoms with E-state index in [0.717, 1.165) is 5.75 Å². The van der Waals surface area contributed by atoms with Crippen LogP contribution in [0.15, 0.2) is 0 Å². The Bertz CT molecular complexity index is 294. The summed E-state index contributed by atoms with van der Waals surface area (Å²) in [4.78, 5) is 23.9. The minimum atomic E-state index is -0.497. The van der Waals surface area contributed by atoms with Crippen molar-refractivity contribution >= 4 is 23.6 Å². The highest BCUT2D eigenvalue weighted by atomic mass is 32.2. The lowest BCUT2D eigenvalue weighted by molar-refractivity contribution is -0.163. The van der Waals surface area contributed by atoms with E-state index < -0.39 is 5.60 Å². The number of carbonyl (C=O) groups excluding carboxylic acids is 2. The molecule has 2 aliphatic rings. The smallest absolute Gasteiger partial charge is 0.303 e. The van der Waals surface area contributed by atoms with Crippen molar-refractivity contribution in [2.45, 2.75) is 31.2 Å². The van der Waals surface area contributed by atoms with Gasteiger partial charge in [0.2, 0.25) is 5.91 Å². The predicted octanol–water partition coefficient (Wildman–Crippen LogP) is 0.613. The van der Waals surface area contributed by atoms with E-state index in [1.807, 2.05) is 6.92 Å². The lowest BCUT2D eigenvalue weighted by Crippen LogP contribution is -2.61. The monoisotopic (exact) mass is 215 g/mol. The zero-order valence-corrected chi connectivity index (χ0v) is 9.10. The van der Waals surface area contributed by atoms with E-state index in [-0.39, 0.29) is 11.9 Å². The zero-order chi connectivity index (χ0) is 10.3. The molecular formula is C9H13NO3S. The summed E-state index contributed by atoms with van der Waals surface area (Å²) in [7, 11) is 0. The molecule has 0 aromatic rings. The molecule has 0 N–H and O–H groups in total. The molecule has 1 amide bonds. The fourth-order valence-electron chi connectivity index (χ4n) is 1.85. The molecule has 14 heavy (non-hydrogen) atoms. The van der Waals surface area contributed by atoms with Crippen molar-refractivity contribution in [3.63, 3.8) is 0 Å². The second kappa shape index (κ2) is 3.15. The number of thioether (sulfide) groups is 1. The van der Waals surface area contributed by atoms with Crippen molar-refractivity contribution in [1.29, 1.82) is 0 Å². The number of hydrogen-bond donors (Lipinski definition) is 0. The van der Waals surface area contributed by atoms with Crippen LogP contribution in [-0.2, 0) is 14.3 Å². The molecule has 0 aliphatic carbocycles. The van der Waals surface area contributed by atoms with E-state index in [9.17, 15) is 9.59 Å². The number of esters is 1. The number of amides is 1. The van der Waals surface area contributed by atoms with E-state index >= 15 is 0 Å². The highest BCUT2D eigenvalue weighted by Gasteiger charge is 2.47. The second-order valence-corrected chi connectivity index (χ2v) is 5.20. The number of hydrogen-bond acceptors (Lipinski definition) is 4. The Morgan fingerprint density at radius 1 is 1.71 bits per heavy atom. The number of fused-ring (bicyclic) bond motifs is 1. The number of β-lactam (4-membered cyclic amide) rings is 1.